The Morgan fingerprint density at radius 2 is 1.69 bits per heavy atom. The monoisotopic (exact) mass is 475 g/mol. The molecule has 35 heavy (non-hydrogen) atoms. The smallest absolute Gasteiger partial charge is 0.309 e. The SMILES string of the molecule is O=C1CCC(Nc2ccc(C3CCN([C@H]4C[C@@H](C(=O)OCc5ccccc5)C4)CC3)cc2)C(=O)N1. The number of carbonyl (C=O) groups is 3. The number of likely N-dealkylation sites (tertiary alicyclic amines) is 1. The van der Waals surface area contributed by atoms with Gasteiger partial charge in [-0.05, 0) is 74.4 Å². The first-order valence-corrected chi connectivity index (χ1v) is 12.7. The number of hydrogen-bond acceptors (Lipinski definition) is 6. The van der Waals surface area contributed by atoms with E-state index in [0.717, 1.165) is 50.0 Å². The third-order valence-electron chi connectivity index (χ3n) is 7.68. The molecule has 2 aromatic carbocycles. The maximum atomic E-state index is 12.4. The highest BCUT2D eigenvalue weighted by atomic mass is 16.5. The molecule has 0 radical (unpaired) electrons. The predicted octanol–water partition coefficient (Wildman–Crippen LogP) is 3.61. The summed E-state index contributed by atoms with van der Waals surface area (Å²) in [6.07, 6.45) is 4.92. The van der Waals surface area contributed by atoms with E-state index in [-0.39, 0.29) is 29.7 Å². The van der Waals surface area contributed by atoms with Crippen molar-refractivity contribution >= 4 is 23.5 Å². The highest BCUT2D eigenvalue weighted by Gasteiger charge is 2.40. The van der Waals surface area contributed by atoms with Crippen molar-refractivity contribution in [1.29, 1.82) is 0 Å². The fourth-order valence-electron chi connectivity index (χ4n) is 5.41. The van der Waals surface area contributed by atoms with Crippen LogP contribution in [0.4, 0.5) is 5.69 Å². The van der Waals surface area contributed by atoms with Crippen LogP contribution < -0.4 is 10.6 Å². The second-order valence-electron chi connectivity index (χ2n) is 10.00. The van der Waals surface area contributed by atoms with Gasteiger partial charge in [-0.2, -0.15) is 0 Å². The van der Waals surface area contributed by atoms with E-state index in [1.165, 1.54) is 5.56 Å². The van der Waals surface area contributed by atoms with Crippen molar-refractivity contribution in [3.63, 3.8) is 0 Å². The highest BCUT2D eigenvalue weighted by molar-refractivity contribution is 6.01. The van der Waals surface area contributed by atoms with Crippen molar-refractivity contribution in [2.75, 3.05) is 18.4 Å². The molecule has 1 atom stereocenters. The third-order valence-corrected chi connectivity index (χ3v) is 7.68. The van der Waals surface area contributed by atoms with Crippen LogP contribution in [0.15, 0.2) is 54.6 Å². The van der Waals surface area contributed by atoms with Gasteiger partial charge in [-0.3, -0.25) is 19.7 Å². The first-order valence-electron chi connectivity index (χ1n) is 12.7. The molecule has 1 saturated carbocycles. The molecule has 2 amide bonds. The number of imide groups is 1. The summed E-state index contributed by atoms with van der Waals surface area (Å²) in [7, 11) is 0. The van der Waals surface area contributed by atoms with Crippen LogP contribution >= 0.6 is 0 Å². The number of nitrogens with zero attached hydrogens (tertiary/aromatic N) is 1. The summed E-state index contributed by atoms with van der Waals surface area (Å²) in [6, 6.07) is 18.3. The lowest BCUT2D eigenvalue weighted by Gasteiger charge is -2.44. The van der Waals surface area contributed by atoms with Gasteiger partial charge in [0.1, 0.15) is 12.6 Å². The van der Waals surface area contributed by atoms with E-state index in [0.29, 0.717) is 31.4 Å². The zero-order chi connectivity index (χ0) is 24.2. The van der Waals surface area contributed by atoms with E-state index in [1.807, 2.05) is 42.5 Å². The summed E-state index contributed by atoms with van der Waals surface area (Å²) < 4.78 is 5.51. The van der Waals surface area contributed by atoms with Gasteiger partial charge in [-0.15, -0.1) is 0 Å². The van der Waals surface area contributed by atoms with Gasteiger partial charge in [0.25, 0.3) is 0 Å². The number of esters is 1. The Hall–Kier alpha value is -3.19. The van der Waals surface area contributed by atoms with E-state index in [4.69, 9.17) is 4.74 Å². The van der Waals surface area contributed by atoms with Crippen LogP contribution in [-0.2, 0) is 25.7 Å². The van der Waals surface area contributed by atoms with E-state index < -0.39 is 0 Å². The van der Waals surface area contributed by atoms with Crippen molar-refractivity contribution in [3.8, 4) is 0 Å². The lowest BCUT2D eigenvalue weighted by Crippen LogP contribution is -2.50. The number of hydrogen-bond donors (Lipinski definition) is 2. The Morgan fingerprint density at radius 1 is 0.971 bits per heavy atom. The number of amides is 2. The number of carbonyl (C=O) groups excluding carboxylic acids is 3. The van der Waals surface area contributed by atoms with Gasteiger partial charge in [0, 0.05) is 18.2 Å². The van der Waals surface area contributed by atoms with E-state index in [9.17, 15) is 14.4 Å². The standard InChI is InChI=1S/C28H33N3O4/c32-26-11-10-25(27(33)30-26)29-23-8-6-20(7-9-23)21-12-14-31(15-13-21)24-16-22(17-24)28(34)35-18-19-4-2-1-3-5-19/h1-9,21-22,24-25,29H,10-18H2,(H,30,32,33)/t22-,24+,25?. The average molecular weight is 476 g/mol. The zero-order valence-electron chi connectivity index (χ0n) is 19.9. The molecule has 3 aliphatic rings. The number of benzene rings is 2. The van der Waals surface area contributed by atoms with Crippen molar-refractivity contribution in [2.45, 2.75) is 63.1 Å². The van der Waals surface area contributed by atoms with Gasteiger partial charge < -0.3 is 15.0 Å². The Labute approximate surface area is 206 Å². The van der Waals surface area contributed by atoms with Crippen LogP contribution in [-0.4, -0.2) is 47.9 Å². The Kier molecular flexibility index (Phi) is 7.13. The number of piperidine rings is 2. The largest absolute Gasteiger partial charge is 0.461 e. The Balaban J connectivity index is 1.03. The Bertz CT molecular complexity index is 1040. The van der Waals surface area contributed by atoms with Crippen LogP contribution in [0, 0.1) is 5.92 Å². The highest BCUT2D eigenvalue weighted by Crippen LogP contribution is 2.37. The summed E-state index contributed by atoms with van der Waals surface area (Å²) in [5.41, 5.74) is 3.26. The first kappa shape index (κ1) is 23.5. The fourth-order valence-corrected chi connectivity index (χ4v) is 5.41. The third kappa shape index (κ3) is 5.73. The lowest BCUT2D eigenvalue weighted by molar-refractivity contribution is -0.155. The molecule has 7 heteroatoms. The van der Waals surface area contributed by atoms with Crippen molar-refractivity contribution < 1.29 is 19.1 Å². The predicted molar refractivity (Wildman–Crippen MR) is 133 cm³/mol. The number of ether oxygens (including phenoxy) is 1. The van der Waals surface area contributed by atoms with Crippen LogP contribution in [0.25, 0.3) is 0 Å². The molecular formula is C28H33N3O4. The molecule has 0 bridgehead atoms. The maximum Gasteiger partial charge on any atom is 0.309 e. The normalized spacial score (nSPS) is 25.4. The molecule has 2 heterocycles. The van der Waals surface area contributed by atoms with Crippen LogP contribution in [0.1, 0.15) is 55.6 Å². The topological polar surface area (TPSA) is 87.7 Å². The molecule has 1 aliphatic carbocycles. The minimum absolute atomic E-state index is 0.0332. The molecule has 0 aromatic heterocycles. The van der Waals surface area contributed by atoms with Gasteiger partial charge in [0.2, 0.25) is 11.8 Å². The molecule has 2 aliphatic heterocycles. The first-order chi connectivity index (χ1) is 17.0. The molecule has 184 valence electrons. The van der Waals surface area contributed by atoms with Gasteiger partial charge >= 0.3 is 5.97 Å². The molecule has 5 rings (SSSR count). The van der Waals surface area contributed by atoms with Gasteiger partial charge in [0.05, 0.1) is 5.92 Å². The van der Waals surface area contributed by atoms with Gasteiger partial charge in [-0.1, -0.05) is 42.5 Å². The molecule has 7 nitrogen and oxygen atoms in total. The van der Waals surface area contributed by atoms with Gasteiger partial charge in [0.15, 0.2) is 0 Å². The van der Waals surface area contributed by atoms with Crippen molar-refractivity contribution in [2.24, 2.45) is 5.92 Å². The van der Waals surface area contributed by atoms with Crippen molar-refractivity contribution in [1.82, 2.24) is 10.2 Å². The molecule has 2 aromatic rings. The number of rotatable bonds is 7. The summed E-state index contributed by atoms with van der Waals surface area (Å²) in [5, 5.41) is 5.63. The summed E-state index contributed by atoms with van der Waals surface area (Å²) in [6.45, 7) is 2.46. The van der Waals surface area contributed by atoms with Crippen LogP contribution in [0.5, 0.6) is 0 Å². The Morgan fingerprint density at radius 3 is 2.37 bits per heavy atom. The molecular weight excluding hydrogens is 442 g/mol. The molecule has 2 N–H and O–H groups in total. The zero-order valence-corrected chi connectivity index (χ0v) is 19.9. The molecule has 3 fully saturated rings. The minimum Gasteiger partial charge on any atom is -0.461 e. The van der Waals surface area contributed by atoms with Crippen molar-refractivity contribution in [3.05, 3.63) is 65.7 Å². The van der Waals surface area contributed by atoms with E-state index in [1.54, 1.807) is 0 Å². The quantitative estimate of drug-likeness (QED) is 0.470. The number of nitrogens with one attached hydrogen (secondary N) is 2. The average Bonchev–Trinajstić information content (AvgIpc) is 2.85. The summed E-state index contributed by atoms with van der Waals surface area (Å²) in [4.78, 5) is 38.2. The fraction of sp³-hybridized carbons (Fsp3) is 0.464. The summed E-state index contributed by atoms with van der Waals surface area (Å²) in [5.74, 6) is 0.0509. The molecule has 0 spiro atoms. The maximum absolute atomic E-state index is 12.4. The molecule has 2 saturated heterocycles. The lowest BCUT2D eigenvalue weighted by atomic mass is 9.78. The van der Waals surface area contributed by atoms with Gasteiger partial charge in [-0.25, -0.2) is 0 Å². The number of anilines is 1. The van der Waals surface area contributed by atoms with Crippen LogP contribution in [0.3, 0.4) is 0 Å². The van der Waals surface area contributed by atoms with Crippen LogP contribution in [0.2, 0.25) is 0 Å². The van der Waals surface area contributed by atoms with E-state index in [2.05, 4.69) is 27.7 Å². The molecule has 1 unspecified atom stereocenters. The second-order valence-corrected chi connectivity index (χ2v) is 10.00. The minimum atomic E-state index is -0.358. The summed E-state index contributed by atoms with van der Waals surface area (Å²) >= 11 is 0. The van der Waals surface area contributed by atoms with E-state index >= 15 is 0 Å². The second kappa shape index (κ2) is 10.6.